The highest BCUT2D eigenvalue weighted by Gasteiger charge is 2.10. The van der Waals surface area contributed by atoms with E-state index in [2.05, 4.69) is 20.5 Å². The molecule has 0 aliphatic heterocycles. The standard InChI is InChI=1S/C17H13ClN4OS/c1-11-5-4-7-12(9-11)15(23)20-17-22-21-16(24-17)19-10-13-6-2-3-8-14(13)18/h2-10H,1H3,(H,20,22,23). The number of anilines is 1. The molecule has 3 rings (SSSR count). The second-order valence-electron chi connectivity index (χ2n) is 4.99. The maximum absolute atomic E-state index is 12.2. The Balaban J connectivity index is 1.70. The average molecular weight is 357 g/mol. The van der Waals surface area contributed by atoms with E-state index in [-0.39, 0.29) is 5.91 Å². The van der Waals surface area contributed by atoms with E-state index >= 15 is 0 Å². The van der Waals surface area contributed by atoms with Gasteiger partial charge in [0, 0.05) is 22.4 Å². The first-order chi connectivity index (χ1) is 11.6. The predicted molar refractivity (Wildman–Crippen MR) is 97.7 cm³/mol. The Morgan fingerprint density at radius 1 is 1.21 bits per heavy atom. The van der Waals surface area contributed by atoms with Crippen LogP contribution >= 0.6 is 22.9 Å². The summed E-state index contributed by atoms with van der Waals surface area (Å²) in [6.07, 6.45) is 1.62. The summed E-state index contributed by atoms with van der Waals surface area (Å²) in [5.41, 5.74) is 2.39. The van der Waals surface area contributed by atoms with Crippen LogP contribution in [-0.4, -0.2) is 22.3 Å². The molecule has 0 aliphatic rings. The smallest absolute Gasteiger partial charge is 0.257 e. The Bertz CT molecular complexity index is 907. The molecule has 1 amide bonds. The van der Waals surface area contributed by atoms with E-state index < -0.39 is 0 Å². The second-order valence-corrected chi connectivity index (χ2v) is 6.36. The molecule has 1 aromatic heterocycles. The van der Waals surface area contributed by atoms with Crippen LogP contribution in [0.3, 0.4) is 0 Å². The van der Waals surface area contributed by atoms with E-state index in [1.165, 1.54) is 11.3 Å². The molecule has 7 heteroatoms. The third kappa shape index (κ3) is 4.04. The van der Waals surface area contributed by atoms with Gasteiger partial charge in [-0.1, -0.05) is 58.8 Å². The van der Waals surface area contributed by atoms with E-state index in [1.807, 2.05) is 43.3 Å². The molecule has 0 saturated heterocycles. The lowest BCUT2D eigenvalue weighted by molar-refractivity contribution is 0.102. The van der Waals surface area contributed by atoms with Gasteiger partial charge in [0.2, 0.25) is 10.3 Å². The number of amides is 1. The molecular weight excluding hydrogens is 344 g/mol. The highest BCUT2D eigenvalue weighted by Crippen LogP contribution is 2.24. The predicted octanol–water partition coefficient (Wildman–Crippen LogP) is 4.50. The van der Waals surface area contributed by atoms with Gasteiger partial charge in [0.05, 0.1) is 0 Å². The molecule has 1 heterocycles. The van der Waals surface area contributed by atoms with Crippen LogP contribution in [0.25, 0.3) is 0 Å². The minimum absolute atomic E-state index is 0.225. The summed E-state index contributed by atoms with van der Waals surface area (Å²) in [6.45, 7) is 1.93. The zero-order valence-corrected chi connectivity index (χ0v) is 14.3. The first-order valence-corrected chi connectivity index (χ1v) is 8.31. The van der Waals surface area contributed by atoms with Crippen LogP contribution in [0.15, 0.2) is 53.5 Å². The molecule has 0 unspecified atom stereocenters. The van der Waals surface area contributed by atoms with Crippen LogP contribution in [0.4, 0.5) is 10.3 Å². The van der Waals surface area contributed by atoms with Gasteiger partial charge in [-0.05, 0) is 25.1 Å². The van der Waals surface area contributed by atoms with Gasteiger partial charge in [-0.3, -0.25) is 10.1 Å². The highest BCUT2D eigenvalue weighted by molar-refractivity contribution is 7.18. The molecule has 1 N–H and O–H groups in total. The topological polar surface area (TPSA) is 67.2 Å². The quantitative estimate of drug-likeness (QED) is 0.700. The van der Waals surface area contributed by atoms with Crippen molar-refractivity contribution in [1.29, 1.82) is 0 Å². The fraction of sp³-hybridized carbons (Fsp3) is 0.0588. The van der Waals surface area contributed by atoms with E-state index in [0.29, 0.717) is 20.8 Å². The van der Waals surface area contributed by atoms with Crippen LogP contribution in [0.1, 0.15) is 21.5 Å². The number of aromatic nitrogens is 2. The Hall–Kier alpha value is -2.57. The molecule has 0 saturated carbocycles. The van der Waals surface area contributed by atoms with Gasteiger partial charge in [0.15, 0.2) is 0 Å². The van der Waals surface area contributed by atoms with Crippen molar-refractivity contribution in [2.75, 3.05) is 5.32 Å². The number of rotatable bonds is 4. The van der Waals surface area contributed by atoms with Crippen LogP contribution in [0, 0.1) is 6.92 Å². The van der Waals surface area contributed by atoms with Crippen molar-refractivity contribution in [1.82, 2.24) is 10.2 Å². The molecule has 0 aliphatic carbocycles. The Morgan fingerprint density at radius 3 is 2.83 bits per heavy atom. The highest BCUT2D eigenvalue weighted by atomic mass is 35.5. The minimum atomic E-state index is -0.225. The van der Waals surface area contributed by atoms with Crippen LogP contribution in [0.2, 0.25) is 5.02 Å². The molecule has 0 radical (unpaired) electrons. The van der Waals surface area contributed by atoms with Gasteiger partial charge in [-0.2, -0.15) is 0 Å². The number of aryl methyl sites for hydroxylation is 1. The average Bonchev–Trinajstić information content (AvgIpc) is 3.01. The lowest BCUT2D eigenvalue weighted by atomic mass is 10.1. The van der Waals surface area contributed by atoms with E-state index in [1.54, 1.807) is 18.3 Å². The minimum Gasteiger partial charge on any atom is -0.296 e. The van der Waals surface area contributed by atoms with Crippen LogP contribution in [0.5, 0.6) is 0 Å². The number of halogens is 1. The second kappa shape index (κ2) is 7.33. The number of carbonyl (C=O) groups is 1. The van der Waals surface area contributed by atoms with Crippen molar-refractivity contribution in [2.24, 2.45) is 4.99 Å². The monoisotopic (exact) mass is 356 g/mol. The Kier molecular flexibility index (Phi) is 4.98. The van der Waals surface area contributed by atoms with Gasteiger partial charge in [-0.25, -0.2) is 4.99 Å². The van der Waals surface area contributed by atoms with Gasteiger partial charge < -0.3 is 0 Å². The van der Waals surface area contributed by atoms with Crippen molar-refractivity contribution in [3.8, 4) is 0 Å². The van der Waals surface area contributed by atoms with Gasteiger partial charge in [0.25, 0.3) is 5.91 Å². The lowest BCUT2D eigenvalue weighted by Gasteiger charge is -2.01. The van der Waals surface area contributed by atoms with Crippen molar-refractivity contribution >= 4 is 45.3 Å². The molecule has 3 aromatic rings. The largest absolute Gasteiger partial charge is 0.296 e. The molecule has 2 aromatic carbocycles. The molecule has 0 atom stereocenters. The zero-order chi connectivity index (χ0) is 16.9. The van der Waals surface area contributed by atoms with E-state index in [4.69, 9.17) is 11.6 Å². The first kappa shape index (κ1) is 16.3. The molecule has 24 heavy (non-hydrogen) atoms. The lowest BCUT2D eigenvalue weighted by Crippen LogP contribution is -2.11. The maximum Gasteiger partial charge on any atom is 0.257 e. The summed E-state index contributed by atoms with van der Waals surface area (Å²) in [6, 6.07) is 14.7. The van der Waals surface area contributed by atoms with Crippen molar-refractivity contribution in [3.63, 3.8) is 0 Å². The van der Waals surface area contributed by atoms with Crippen molar-refractivity contribution < 1.29 is 4.79 Å². The summed E-state index contributed by atoms with van der Waals surface area (Å²) < 4.78 is 0. The number of aliphatic imine (C=N–C) groups is 1. The number of carbonyl (C=O) groups excluding carboxylic acids is 1. The first-order valence-electron chi connectivity index (χ1n) is 7.12. The Labute approximate surface area is 148 Å². The summed E-state index contributed by atoms with van der Waals surface area (Å²) in [5, 5.41) is 12.0. The fourth-order valence-electron chi connectivity index (χ4n) is 1.98. The molecule has 0 spiro atoms. The Morgan fingerprint density at radius 2 is 2.04 bits per heavy atom. The normalized spacial score (nSPS) is 10.9. The number of hydrogen-bond acceptors (Lipinski definition) is 5. The molecule has 0 bridgehead atoms. The van der Waals surface area contributed by atoms with Crippen molar-refractivity contribution in [3.05, 3.63) is 70.2 Å². The summed E-state index contributed by atoms with van der Waals surface area (Å²) in [7, 11) is 0. The molecule has 5 nitrogen and oxygen atoms in total. The number of benzene rings is 2. The zero-order valence-electron chi connectivity index (χ0n) is 12.7. The fourth-order valence-corrected chi connectivity index (χ4v) is 2.75. The summed E-state index contributed by atoms with van der Waals surface area (Å²) in [4.78, 5) is 16.4. The van der Waals surface area contributed by atoms with Gasteiger partial charge in [-0.15, -0.1) is 10.2 Å². The maximum atomic E-state index is 12.2. The molecular formula is C17H13ClN4OS. The van der Waals surface area contributed by atoms with E-state index in [0.717, 1.165) is 11.1 Å². The van der Waals surface area contributed by atoms with Crippen LogP contribution < -0.4 is 5.32 Å². The number of nitrogens with one attached hydrogen (secondary N) is 1. The summed E-state index contributed by atoms with van der Waals surface area (Å²) in [5.74, 6) is -0.225. The third-order valence-electron chi connectivity index (χ3n) is 3.13. The third-order valence-corrected chi connectivity index (χ3v) is 4.23. The van der Waals surface area contributed by atoms with Gasteiger partial charge >= 0.3 is 0 Å². The number of hydrogen-bond donors (Lipinski definition) is 1. The van der Waals surface area contributed by atoms with Crippen LogP contribution in [-0.2, 0) is 0 Å². The van der Waals surface area contributed by atoms with Crippen molar-refractivity contribution in [2.45, 2.75) is 6.92 Å². The van der Waals surface area contributed by atoms with E-state index in [9.17, 15) is 4.79 Å². The molecule has 0 fully saturated rings. The SMILES string of the molecule is Cc1cccc(C(=O)Nc2nnc(N=Cc3ccccc3Cl)s2)c1. The molecule has 120 valence electrons. The number of nitrogens with zero attached hydrogens (tertiary/aromatic N) is 3. The summed E-state index contributed by atoms with van der Waals surface area (Å²) >= 11 is 7.25. The van der Waals surface area contributed by atoms with Gasteiger partial charge in [0.1, 0.15) is 0 Å².